The SMILES string of the molecule is [CH2]c1cccc(OC=C)c1. The Labute approximate surface area is 61.0 Å². The molecule has 10 heavy (non-hydrogen) atoms. The molecule has 0 aliphatic carbocycles. The van der Waals surface area contributed by atoms with E-state index < -0.39 is 0 Å². The monoisotopic (exact) mass is 133 g/mol. The number of hydrogen-bond donors (Lipinski definition) is 0. The third kappa shape index (κ3) is 1.62. The first-order valence-electron chi connectivity index (χ1n) is 3.02. The van der Waals surface area contributed by atoms with Crippen LogP contribution in [0.3, 0.4) is 0 Å². The van der Waals surface area contributed by atoms with E-state index in [1.807, 2.05) is 24.3 Å². The summed E-state index contributed by atoms with van der Waals surface area (Å²) in [5.74, 6) is 0.780. The van der Waals surface area contributed by atoms with Crippen molar-refractivity contribution in [2.75, 3.05) is 0 Å². The molecule has 1 radical (unpaired) electrons. The molecule has 0 spiro atoms. The number of benzene rings is 1. The maximum absolute atomic E-state index is 5.01. The van der Waals surface area contributed by atoms with Crippen molar-refractivity contribution in [3.63, 3.8) is 0 Å². The van der Waals surface area contributed by atoms with Gasteiger partial charge in [-0.25, -0.2) is 0 Å². The van der Waals surface area contributed by atoms with E-state index in [0.29, 0.717) is 0 Å². The van der Waals surface area contributed by atoms with Gasteiger partial charge < -0.3 is 4.74 Å². The van der Waals surface area contributed by atoms with Crippen LogP contribution in [0.5, 0.6) is 5.75 Å². The quantitative estimate of drug-likeness (QED) is 0.563. The van der Waals surface area contributed by atoms with Gasteiger partial charge in [-0.15, -0.1) is 0 Å². The van der Waals surface area contributed by atoms with Gasteiger partial charge in [0.2, 0.25) is 0 Å². The molecule has 1 heteroatoms. The van der Waals surface area contributed by atoms with Gasteiger partial charge in [-0.2, -0.15) is 0 Å². The molecule has 1 rings (SSSR count). The summed E-state index contributed by atoms with van der Waals surface area (Å²) in [6, 6.07) is 7.51. The molecule has 0 bridgehead atoms. The van der Waals surface area contributed by atoms with E-state index in [-0.39, 0.29) is 0 Å². The van der Waals surface area contributed by atoms with Crippen LogP contribution in [0.25, 0.3) is 0 Å². The average Bonchev–Trinajstić information content (AvgIpc) is 1.88. The van der Waals surface area contributed by atoms with E-state index in [0.717, 1.165) is 11.3 Å². The predicted octanol–water partition coefficient (Wildman–Crippen LogP) is 2.39. The van der Waals surface area contributed by atoms with Gasteiger partial charge in [0.05, 0.1) is 6.26 Å². The van der Waals surface area contributed by atoms with E-state index in [9.17, 15) is 0 Å². The Balaban J connectivity index is 2.84. The Hall–Kier alpha value is -1.24. The highest BCUT2D eigenvalue weighted by Crippen LogP contribution is 2.11. The minimum Gasteiger partial charge on any atom is -0.466 e. The molecule has 0 saturated carbocycles. The summed E-state index contributed by atoms with van der Waals surface area (Å²) < 4.78 is 5.01. The smallest absolute Gasteiger partial charge is 0.126 e. The van der Waals surface area contributed by atoms with Gasteiger partial charge in [-0.05, 0) is 24.6 Å². The molecule has 0 aliphatic rings. The number of rotatable bonds is 2. The fraction of sp³-hybridized carbons (Fsp3) is 0. The Morgan fingerprint density at radius 3 is 2.80 bits per heavy atom. The van der Waals surface area contributed by atoms with Crippen LogP contribution >= 0.6 is 0 Å². The van der Waals surface area contributed by atoms with Crippen LogP contribution in [0.1, 0.15) is 5.56 Å². The third-order valence-electron chi connectivity index (χ3n) is 1.12. The summed E-state index contributed by atoms with van der Waals surface area (Å²) in [7, 11) is 0. The molecule has 0 amide bonds. The molecular formula is C9H9O. The molecule has 0 aliphatic heterocycles. The van der Waals surface area contributed by atoms with E-state index in [2.05, 4.69) is 13.5 Å². The van der Waals surface area contributed by atoms with Crippen molar-refractivity contribution in [1.82, 2.24) is 0 Å². The van der Waals surface area contributed by atoms with Gasteiger partial charge in [0.1, 0.15) is 5.75 Å². The van der Waals surface area contributed by atoms with Crippen LogP contribution in [0.4, 0.5) is 0 Å². The van der Waals surface area contributed by atoms with Crippen molar-refractivity contribution in [1.29, 1.82) is 0 Å². The highest BCUT2D eigenvalue weighted by atomic mass is 16.5. The molecule has 1 aromatic rings. The second-order valence-electron chi connectivity index (χ2n) is 1.93. The maximum atomic E-state index is 5.01. The van der Waals surface area contributed by atoms with Crippen molar-refractivity contribution in [3.05, 3.63) is 49.6 Å². The van der Waals surface area contributed by atoms with Crippen LogP contribution in [-0.4, -0.2) is 0 Å². The summed E-state index contributed by atoms with van der Waals surface area (Å²) in [4.78, 5) is 0. The summed E-state index contributed by atoms with van der Waals surface area (Å²) in [6.45, 7) is 7.19. The lowest BCUT2D eigenvalue weighted by atomic mass is 10.2. The fourth-order valence-corrected chi connectivity index (χ4v) is 0.715. The summed E-state index contributed by atoms with van der Waals surface area (Å²) in [5.41, 5.74) is 0.944. The van der Waals surface area contributed by atoms with Crippen LogP contribution in [0, 0.1) is 6.92 Å². The molecule has 0 atom stereocenters. The lowest BCUT2D eigenvalue weighted by Gasteiger charge is -1.98. The lowest BCUT2D eigenvalue weighted by Crippen LogP contribution is -1.80. The van der Waals surface area contributed by atoms with Gasteiger partial charge in [0.25, 0.3) is 0 Å². The fourth-order valence-electron chi connectivity index (χ4n) is 0.715. The highest BCUT2D eigenvalue weighted by molar-refractivity contribution is 5.30. The molecule has 0 unspecified atom stereocenters. The van der Waals surface area contributed by atoms with Crippen molar-refractivity contribution in [3.8, 4) is 5.75 Å². The summed E-state index contributed by atoms with van der Waals surface area (Å²) >= 11 is 0. The van der Waals surface area contributed by atoms with Crippen LogP contribution in [0.15, 0.2) is 37.1 Å². The third-order valence-corrected chi connectivity index (χ3v) is 1.12. The molecular weight excluding hydrogens is 124 g/mol. The second kappa shape index (κ2) is 3.06. The van der Waals surface area contributed by atoms with Crippen LogP contribution in [0.2, 0.25) is 0 Å². The zero-order valence-corrected chi connectivity index (χ0v) is 5.71. The Kier molecular flexibility index (Phi) is 2.11. The standard InChI is InChI=1S/C9H9O/c1-3-10-9-6-4-5-8(2)7-9/h3-7H,1-2H2. The highest BCUT2D eigenvalue weighted by Gasteiger charge is 1.88. The zero-order chi connectivity index (χ0) is 7.40. The molecule has 0 heterocycles. The maximum Gasteiger partial charge on any atom is 0.126 e. The van der Waals surface area contributed by atoms with Crippen molar-refractivity contribution in [2.24, 2.45) is 0 Å². The average molecular weight is 133 g/mol. The first-order chi connectivity index (χ1) is 4.83. The first kappa shape index (κ1) is 6.87. The molecule has 0 fully saturated rings. The lowest BCUT2D eigenvalue weighted by molar-refractivity contribution is 0.483. The minimum atomic E-state index is 0.780. The molecule has 1 aromatic carbocycles. The Bertz CT molecular complexity index is 228. The van der Waals surface area contributed by atoms with Crippen LogP contribution < -0.4 is 4.74 Å². The number of hydrogen-bond acceptors (Lipinski definition) is 1. The molecule has 51 valence electrons. The van der Waals surface area contributed by atoms with E-state index >= 15 is 0 Å². The summed E-state index contributed by atoms with van der Waals surface area (Å²) in [5, 5.41) is 0. The second-order valence-corrected chi connectivity index (χ2v) is 1.93. The van der Waals surface area contributed by atoms with E-state index in [1.165, 1.54) is 6.26 Å². The normalized spacial score (nSPS) is 8.90. The molecule has 0 saturated heterocycles. The topological polar surface area (TPSA) is 9.23 Å². The summed E-state index contributed by atoms with van der Waals surface area (Å²) in [6.07, 6.45) is 1.40. The first-order valence-corrected chi connectivity index (χ1v) is 3.02. The van der Waals surface area contributed by atoms with Gasteiger partial charge >= 0.3 is 0 Å². The Morgan fingerprint density at radius 2 is 2.20 bits per heavy atom. The Morgan fingerprint density at radius 1 is 1.40 bits per heavy atom. The van der Waals surface area contributed by atoms with Gasteiger partial charge in [0, 0.05) is 0 Å². The molecule has 0 aromatic heterocycles. The molecule has 0 N–H and O–H groups in total. The van der Waals surface area contributed by atoms with Crippen molar-refractivity contribution >= 4 is 0 Å². The van der Waals surface area contributed by atoms with Crippen molar-refractivity contribution in [2.45, 2.75) is 0 Å². The zero-order valence-electron chi connectivity index (χ0n) is 5.71. The predicted molar refractivity (Wildman–Crippen MR) is 41.7 cm³/mol. The van der Waals surface area contributed by atoms with Crippen LogP contribution in [-0.2, 0) is 0 Å². The minimum absolute atomic E-state index is 0.780. The van der Waals surface area contributed by atoms with E-state index in [1.54, 1.807) is 0 Å². The van der Waals surface area contributed by atoms with Crippen molar-refractivity contribution < 1.29 is 4.74 Å². The van der Waals surface area contributed by atoms with Gasteiger partial charge in [0.15, 0.2) is 0 Å². The largest absolute Gasteiger partial charge is 0.466 e. The van der Waals surface area contributed by atoms with E-state index in [4.69, 9.17) is 4.74 Å². The molecule has 1 nitrogen and oxygen atoms in total. The van der Waals surface area contributed by atoms with Gasteiger partial charge in [-0.3, -0.25) is 0 Å². The number of ether oxygens (including phenoxy) is 1. The van der Waals surface area contributed by atoms with Gasteiger partial charge in [-0.1, -0.05) is 18.7 Å².